The van der Waals surface area contributed by atoms with Crippen LogP contribution in [-0.4, -0.2) is 24.1 Å². The zero-order chi connectivity index (χ0) is 18.4. The van der Waals surface area contributed by atoms with Gasteiger partial charge in [0.25, 0.3) is 0 Å². The summed E-state index contributed by atoms with van der Waals surface area (Å²) in [7, 11) is 1.23. The third-order valence-electron chi connectivity index (χ3n) is 3.55. The Labute approximate surface area is 144 Å². The number of aromatic hydroxyl groups is 1. The Morgan fingerprint density at radius 2 is 1.72 bits per heavy atom. The molecule has 0 aliphatic heterocycles. The molecule has 6 heteroatoms. The van der Waals surface area contributed by atoms with Crippen molar-refractivity contribution in [3.8, 4) is 5.75 Å². The summed E-state index contributed by atoms with van der Waals surface area (Å²) >= 11 is 0. The minimum Gasteiger partial charge on any atom is -0.508 e. The second-order valence-corrected chi connectivity index (χ2v) is 5.40. The summed E-state index contributed by atoms with van der Waals surface area (Å²) in [5.41, 5.74) is 1.49. The van der Waals surface area contributed by atoms with Crippen LogP contribution in [0.25, 0.3) is 6.08 Å². The fraction of sp³-hybridized carbons (Fsp3) is 0.158. The van der Waals surface area contributed by atoms with Crippen LogP contribution >= 0.6 is 0 Å². The lowest BCUT2D eigenvalue weighted by atomic mass is 10.1. The first-order valence-electron chi connectivity index (χ1n) is 7.52. The van der Waals surface area contributed by atoms with E-state index in [-0.39, 0.29) is 11.6 Å². The topological polar surface area (TPSA) is 75.6 Å². The number of methoxy groups -OCH3 is 1. The molecule has 2 aromatic rings. The highest BCUT2D eigenvalue weighted by Gasteiger charge is 2.24. The van der Waals surface area contributed by atoms with E-state index in [4.69, 9.17) is 4.74 Å². The van der Waals surface area contributed by atoms with E-state index in [2.05, 4.69) is 5.32 Å². The molecule has 1 atom stereocenters. The zero-order valence-electron chi connectivity index (χ0n) is 13.8. The lowest BCUT2D eigenvalue weighted by Gasteiger charge is -2.17. The van der Waals surface area contributed by atoms with Gasteiger partial charge < -0.3 is 15.2 Å². The fourth-order valence-electron chi connectivity index (χ4n) is 2.18. The molecule has 2 rings (SSSR count). The van der Waals surface area contributed by atoms with Crippen molar-refractivity contribution in [3.63, 3.8) is 0 Å². The van der Waals surface area contributed by atoms with Crippen molar-refractivity contribution in [1.29, 1.82) is 0 Å². The Balaban J connectivity index is 2.19. The summed E-state index contributed by atoms with van der Waals surface area (Å²) < 4.78 is 17.7. The molecule has 2 N–H and O–H groups in total. The van der Waals surface area contributed by atoms with E-state index in [1.165, 1.54) is 43.5 Å². The average molecular weight is 343 g/mol. The highest BCUT2D eigenvalue weighted by atomic mass is 19.1. The number of rotatable bonds is 5. The third kappa shape index (κ3) is 4.91. The second kappa shape index (κ2) is 8.10. The van der Waals surface area contributed by atoms with E-state index >= 15 is 0 Å². The monoisotopic (exact) mass is 343 g/mol. The molecule has 0 radical (unpaired) electrons. The predicted octanol–water partition coefficient (Wildman–Crippen LogP) is 2.97. The van der Waals surface area contributed by atoms with Gasteiger partial charge in [-0.05, 0) is 48.4 Å². The first-order chi connectivity index (χ1) is 11.9. The van der Waals surface area contributed by atoms with Gasteiger partial charge >= 0.3 is 5.97 Å². The van der Waals surface area contributed by atoms with Gasteiger partial charge in [-0.15, -0.1) is 0 Å². The van der Waals surface area contributed by atoms with Gasteiger partial charge in [0.15, 0.2) is 6.04 Å². The summed E-state index contributed by atoms with van der Waals surface area (Å²) in [6.07, 6.45) is 1.58. The maximum absolute atomic E-state index is 12.9. The van der Waals surface area contributed by atoms with Crippen LogP contribution < -0.4 is 5.32 Å². The molecule has 0 saturated heterocycles. The largest absolute Gasteiger partial charge is 0.508 e. The van der Waals surface area contributed by atoms with Gasteiger partial charge in [-0.2, -0.15) is 0 Å². The molecule has 0 aliphatic rings. The minimum absolute atomic E-state index is 0.0473. The van der Waals surface area contributed by atoms with Crippen molar-refractivity contribution >= 4 is 18.0 Å². The van der Waals surface area contributed by atoms with E-state index in [0.717, 1.165) is 0 Å². The molecule has 0 aromatic heterocycles. The first kappa shape index (κ1) is 18.2. The van der Waals surface area contributed by atoms with Crippen molar-refractivity contribution in [2.45, 2.75) is 13.0 Å². The van der Waals surface area contributed by atoms with Crippen molar-refractivity contribution in [2.24, 2.45) is 0 Å². The Bertz CT molecular complexity index is 782. The molecule has 25 heavy (non-hydrogen) atoms. The van der Waals surface area contributed by atoms with Crippen molar-refractivity contribution < 1.29 is 23.8 Å². The van der Waals surface area contributed by atoms with Gasteiger partial charge in [0.05, 0.1) is 7.11 Å². The third-order valence-corrected chi connectivity index (χ3v) is 3.55. The van der Waals surface area contributed by atoms with E-state index < -0.39 is 17.9 Å². The number of hydrogen-bond acceptors (Lipinski definition) is 4. The molecule has 0 aliphatic carbocycles. The Kier molecular flexibility index (Phi) is 5.89. The quantitative estimate of drug-likeness (QED) is 0.646. The number of halogens is 1. The Morgan fingerprint density at radius 1 is 1.12 bits per heavy atom. The molecule has 0 heterocycles. The van der Waals surface area contributed by atoms with Gasteiger partial charge in [0.2, 0.25) is 5.91 Å². The molecule has 0 saturated carbocycles. The number of amides is 1. The van der Waals surface area contributed by atoms with Crippen LogP contribution in [0, 0.1) is 5.82 Å². The summed E-state index contributed by atoms with van der Waals surface area (Å²) in [6, 6.07) is 10.6. The normalized spacial score (nSPS) is 12.4. The molecule has 0 bridgehead atoms. The maximum atomic E-state index is 12.9. The highest BCUT2D eigenvalue weighted by Crippen LogP contribution is 2.19. The van der Waals surface area contributed by atoms with Crippen molar-refractivity contribution in [1.82, 2.24) is 5.32 Å². The lowest BCUT2D eigenvalue weighted by Crippen LogP contribution is -2.34. The van der Waals surface area contributed by atoms with Crippen LogP contribution in [0.5, 0.6) is 5.75 Å². The summed E-state index contributed by atoms with van der Waals surface area (Å²) in [5.74, 6) is -1.41. The molecule has 0 fully saturated rings. The van der Waals surface area contributed by atoms with Crippen molar-refractivity contribution in [3.05, 3.63) is 71.0 Å². The lowest BCUT2D eigenvalue weighted by molar-refractivity contribution is -0.144. The van der Waals surface area contributed by atoms with E-state index in [1.807, 2.05) is 0 Å². The van der Waals surface area contributed by atoms with Gasteiger partial charge in [-0.3, -0.25) is 4.79 Å². The minimum atomic E-state index is -1.00. The first-order valence-corrected chi connectivity index (χ1v) is 7.52. The molecule has 1 unspecified atom stereocenters. The summed E-state index contributed by atoms with van der Waals surface area (Å²) in [5, 5.41) is 11.9. The number of carbonyl (C=O) groups excluding carboxylic acids is 2. The SMILES string of the molecule is COC(=O)C(NC(=O)/C(C)=C/c1ccc(F)cc1)c1ccc(O)cc1. The number of phenols is 1. The Hall–Kier alpha value is -3.15. The maximum Gasteiger partial charge on any atom is 0.333 e. The van der Waals surface area contributed by atoms with Crippen LogP contribution in [0.1, 0.15) is 24.1 Å². The number of carbonyl (C=O) groups is 2. The van der Waals surface area contributed by atoms with Gasteiger partial charge in [-0.1, -0.05) is 24.3 Å². The number of nitrogens with one attached hydrogen (secondary N) is 1. The summed E-state index contributed by atoms with van der Waals surface area (Å²) in [4.78, 5) is 24.4. The van der Waals surface area contributed by atoms with Crippen molar-refractivity contribution in [2.75, 3.05) is 7.11 Å². The van der Waals surface area contributed by atoms with Crippen LogP contribution in [0.2, 0.25) is 0 Å². The van der Waals surface area contributed by atoms with E-state index in [9.17, 15) is 19.1 Å². The van der Waals surface area contributed by atoms with Gasteiger partial charge in [0.1, 0.15) is 11.6 Å². The number of esters is 1. The molecular weight excluding hydrogens is 325 g/mol. The van der Waals surface area contributed by atoms with Crippen LogP contribution in [0.15, 0.2) is 54.1 Å². The fourth-order valence-corrected chi connectivity index (χ4v) is 2.18. The molecule has 0 spiro atoms. The van der Waals surface area contributed by atoms with Crippen LogP contribution in [-0.2, 0) is 14.3 Å². The molecule has 130 valence electrons. The van der Waals surface area contributed by atoms with Gasteiger partial charge in [0, 0.05) is 5.57 Å². The molecular formula is C19H18FNO4. The predicted molar refractivity (Wildman–Crippen MR) is 91.1 cm³/mol. The number of phenolic OH excluding ortho intramolecular Hbond substituents is 1. The molecule has 2 aromatic carbocycles. The summed E-state index contributed by atoms with van der Waals surface area (Å²) in [6.45, 7) is 1.59. The van der Waals surface area contributed by atoms with E-state index in [0.29, 0.717) is 16.7 Å². The standard InChI is InChI=1S/C19H18FNO4/c1-12(11-13-3-7-15(20)8-4-13)18(23)21-17(19(24)25-2)14-5-9-16(22)10-6-14/h3-11,17,22H,1-2H3,(H,21,23)/b12-11+. The number of ether oxygens (including phenoxy) is 1. The highest BCUT2D eigenvalue weighted by molar-refractivity contribution is 5.99. The van der Waals surface area contributed by atoms with Crippen LogP contribution in [0.3, 0.4) is 0 Å². The average Bonchev–Trinajstić information content (AvgIpc) is 2.61. The Morgan fingerprint density at radius 3 is 2.28 bits per heavy atom. The van der Waals surface area contributed by atoms with Crippen LogP contribution in [0.4, 0.5) is 4.39 Å². The smallest absolute Gasteiger partial charge is 0.333 e. The molecule has 1 amide bonds. The number of hydrogen-bond donors (Lipinski definition) is 2. The van der Waals surface area contributed by atoms with Gasteiger partial charge in [-0.25, -0.2) is 9.18 Å². The second-order valence-electron chi connectivity index (χ2n) is 5.40. The zero-order valence-corrected chi connectivity index (χ0v) is 13.8. The molecule has 5 nitrogen and oxygen atoms in total. The van der Waals surface area contributed by atoms with E-state index in [1.54, 1.807) is 25.1 Å². The number of benzene rings is 2.